The number of hydrogen-bond acceptors (Lipinski definition) is 2. The maximum absolute atomic E-state index is 12.2. The average Bonchev–Trinajstić information content (AvgIpc) is 2.49. The van der Waals surface area contributed by atoms with Crippen LogP contribution in [0.2, 0.25) is 0 Å². The molecule has 0 bridgehead atoms. The molecule has 0 fully saturated rings. The summed E-state index contributed by atoms with van der Waals surface area (Å²) >= 11 is 0. The third kappa shape index (κ3) is 5.21. The van der Waals surface area contributed by atoms with Gasteiger partial charge in [-0.3, -0.25) is 9.59 Å². The van der Waals surface area contributed by atoms with Crippen LogP contribution in [0.4, 0.5) is 0 Å². The number of amides is 2. The van der Waals surface area contributed by atoms with Crippen molar-refractivity contribution in [3.8, 4) is 0 Å². The Bertz CT molecular complexity index is 459. The summed E-state index contributed by atoms with van der Waals surface area (Å²) in [6.07, 6.45) is 2.88. The number of rotatable bonds is 8. The molecule has 0 saturated carbocycles. The summed E-state index contributed by atoms with van der Waals surface area (Å²) in [5.74, 6) is -0.849. The smallest absolute Gasteiger partial charge is 0.240 e. The molecule has 0 aliphatic carbocycles. The van der Waals surface area contributed by atoms with Gasteiger partial charge in [-0.1, -0.05) is 63.9 Å². The van der Waals surface area contributed by atoms with Crippen molar-refractivity contribution in [1.29, 1.82) is 0 Å². The van der Waals surface area contributed by atoms with Crippen LogP contribution in [-0.4, -0.2) is 17.9 Å². The Hall–Kier alpha value is -1.84. The molecule has 0 aliphatic rings. The van der Waals surface area contributed by atoms with Crippen molar-refractivity contribution in [3.05, 3.63) is 35.9 Å². The van der Waals surface area contributed by atoms with Crippen LogP contribution in [0.25, 0.3) is 0 Å². The molecule has 0 radical (unpaired) electrons. The summed E-state index contributed by atoms with van der Waals surface area (Å²) < 4.78 is 0. The zero-order chi connectivity index (χ0) is 15.8. The van der Waals surface area contributed by atoms with Crippen LogP contribution in [0.15, 0.2) is 30.3 Å². The first-order valence-corrected chi connectivity index (χ1v) is 7.62. The SMILES string of the molecule is CCCC[C@H](C)C(=O)N[C@@H](C(N)=O)[C@H](C)c1ccccc1. The highest BCUT2D eigenvalue weighted by Gasteiger charge is 2.27. The Morgan fingerprint density at radius 3 is 2.33 bits per heavy atom. The summed E-state index contributed by atoms with van der Waals surface area (Å²) in [5, 5.41) is 2.81. The molecule has 3 N–H and O–H groups in total. The van der Waals surface area contributed by atoms with E-state index in [2.05, 4.69) is 12.2 Å². The van der Waals surface area contributed by atoms with E-state index in [-0.39, 0.29) is 17.7 Å². The molecule has 21 heavy (non-hydrogen) atoms. The van der Waals surface area contributed by atoms with Crippen LogP contribution in [-0.2, 0) is 9.59 Å². The van der Waals surface area contributed by atoms with Crippen LogP contribution in [0.5, 0.6) is 0 Å². The number of unbranched alkanes of at least 4 members (excludes halogenated alkanes) is 1. The largest absolute Gasteiger partial charge is 0.368 e. The van der Waals surface area contributed by atoms with Crippen molar-refractivity contribution in [2.75, 3.05) is 0 Å². The van der Waals surface area contributed by atoms with Crippen molar-refractivity contribution in [1.82, 2.24) is 5.32 Å². The van der Waals surface area contributed by atoms with E-state index in [4.69, 9.17) is 5.73 Å². The lowest BCUT2D eigenvalue weighted by Gasteiger charge is -2.24. The predicted molar refractivity (Wildman–Crippen MR) is 84.7 cm³/mol. The minimum atomic E-state index is -0.677. The van der Waals surface area contributed by atoms with Gasteiger partial charge in [-0.15, -0.1) is 0 Å². The molecule has 4 heteroatoms. The van der Waals surface area contributed by atoms with Crippen molar-refractivity contribution in [2.45, 2.75) is 52.0 Å². The number of hydrogen-bond donors (Lipinski definition) is 2. The highest BCUT2D eigenvalue weighted by Crippen LogP contribution is 2.19. The van der Waals surface area contributed by atoms with E-state index in [1.54, 1.807) is 0 Å². The highest BCUT2D eigenvalue weighted by atomic mass is 16.2. The van der Waals surface area contributed by atoms with Crippen LogP contribution in [0.1, 0.15) is 51.5 Å². The molecule has 0 aromatic heterocycles. The van der Waals surface area contributed by atoms with Crippen molar-refractivity contribution < 1.29 is 9.59 Å². The van der Waals surface area contributed by atoms with E-state index in [0.29, 0.717) is 0 Å². The third-order valence-corrected chi connectivity index (χ3v) is 3.87. The molecule has 1 aromatic rings. The topological polar surface area (TPSA) is 72.2 Å². The Morgan fingerprint density at radius 1 is 1.19 bits per heavy atom. The van der Waals surface area contributed by atoms with E-state index in [1.807, 2.05) is 44.2 Å². The fourth-order valence-electron chi connectivity index (χ4n) is 2.33. The number of benzene rings is 1. The maximum atomic E-state index is 12.2. The number of primary amides is 1. The Morgan fingerprint density at radius 2 is 1.81 bits per heavy atom. The Labute approximate surface area is 127 Å². The molecule has 0 spiro atoms. The molecule has 0 aliphatic heterocycles. The molecule has 3 atom stereocenters. The van der Waals surface area contributed by atoms with Gasteiger partial charge in [-0.2, -0.15) is 0 Å². The fourth-order valence-corrected chi connectivity index (χ4v) is 2.33. The van der Waals surface area contributed by atoms with Crippen molar-refractivity contribution in [3.63, 3.8) is 0 Å². The van der Waals surface area contributed by atoms with Gasteiger partial charge < -0.3 is 11.1 Å². The lowest BCUT2D eigenvalue weighted by molar-refractivity contribution is -0.130. The van der Waals surface area contributed by atoms with E-state index in [0.717, 1.165) is 24.8 Å². The van der Waals surface area contributed by atoms with E-state index >= 15 is 0 Å². The van der Waals surface area contributed by atoms with Crippen LogP contribution < -0.4 is 11.1 Å². The minimum absolute atomic E-state index is 0.102. The molecule has 1 rings (SSSR count). The fraction of sp³-hybridized carbons (Fsp3) is 0.529. The first-order valence-electron chi connectivity index (χ1n) is 7.62. The van der Waals surface area contributed by atoms with Gasteiger partial charge in [0, 0.05) is 11.8 Å². The number of nitrogens with one attached hydrogen (secondary N) is 1. The van der Waals surface area contributed by atoms with Crippen molar-refractivity contribution in [2.24, 2.45) is 11.7 Å². The standard InChI is InChI=1S/C17H26N2O2/c1-4-5-9-12(2)17(21)19-15(16(18)20)13(3)14-10-7-6-8-11-14/h6-8,10-13,15H,4-5,9H2,1-3H3,(H2,18,20)(H,19,21)/t12-,13+,15+/m0/s1. The second-order valence-electron chi connectivity index (χ2n) is 5.63. The monoisotopic (exact) mass is 290 g/mol. The zero-order valence-corrected chi connectivity index (χ0v) is 13.1. The lowest BCUT2D eigenvalue weighted by Crippen LogP contribution is -2.49. The van der Waals surface area contributed by atoms with Gasteiger partial charge in [0.05, 0.1) is 0 Å². The van der Waals surface area contributed by atoms with Crippen LogP contribution in [0, 0.1) is 5.92 Å². The van der Waals surface area contributed by atoms with Gasteiger partial charge in [0.2, 0.25) is 11.8 Å². The molecule has 2 amide bonds. The van der Waals surface area contributed by atoms with E-state index in [1.165, 1.54) is 0 Å². The molecule has 0 unspecified atom stereocenters. The molecule has 1 aromatic carbocycles. The molecule has 4 nitrogen and oxygen atoms in total. The molecular weight excluding hydrogens is 264 g/mol. The van der Waals surface area contributed by atoms with Crippen LogP contribution in [0.3, 0.4) is 0 Å². The summed E-state index contributed by atoms with van der Waals surface area (Å²) in [7, 11) is 0. The number of nitrogens with two attached hydrogens (primary N) is 1. The second-order valence-corrected chi connectivity index (χ2v) is 5.63. The van der Waals surface area contributed by atoms with Gasteiger partial charge >= 0.3 is 0 Å². The molecular formula is C17H26N2O2. The van der Waals surface area contributed by atoms with Gasteiger partial charge in [0.1, 0.15) is 6.04 Å². The third-order valence-electron chi connectivity index (χ3n) is 3.87. The average molecular weight is 290 g/mol. The molecule has 0 saturated heterocycles. The Kier molecular flexibility index (Phi) is 6.92. The normalized spacial score (nSPS) is 15.0. The van der Waals surface area contributed by atoms with E-state index < -0.39 is 11.9 Å². The predicted octanol–water partition coefficient (Wildman–Crippen LogP) is 2.59. The van der Waals surface area contributed by atoms with E-state index in [9.17, 15) is 9.59 Å². The maximum Gasteiger partial charge on any atom is 0.240 e. The second kappa shape index (κ2) is 8.45. The first kappa shape index (κ1) is 17.2. The van der Waals surface area contributed by atoms with Gasteiger partial charge in [-0.05, 0) is 12.0 Å². The van der Waals surface area contributed by atoms with Gasteiger partial charge in [0.25, 0.3) is 0 Å². The van der Waals surface area contributed by atoms with Gasteiger partial charge in [0.15, 0.2) is 0 Å². The quantitative estimate of drug-likeness (QED) is 0.772. The summed E-state index contributed by atoms with van der Waals surface area (Å²) in [6.45, 7) is 5.88. The lowest BCUT2D eigenvalue weighted by atomic mass is 9.92. The molecule has 0 heterocycles. The van der Waals surface area contributed by atoms with Gasteiger partial charge in [-0.25, -0.2) is 0 Å². The minimum Gasteiger partial charge on any atom is -0.368 e. The first-order chi connectivity index (χ1) is 9.97. The number of carbonyl (C=O) groups excluding carboxylic acids is 2. The summed E-state index contributed by atoms with van der Waals surface area (Å²) in [6, 6.07) is 8.94. The molecule has 116 valence electrons. The highest BCUT2D eigenvalue weighted by molar-refractivity contribution is 5.88. The number of carbonyl (C=O) groups is 2. The van der Waals surface area contributed by atoms with Crippen molar-refractivity contribution >= 4 is 11.8 Å². The van der Waals surface area contributed by atoms with Crippen LogP contribution >= 0.6 is 0 Å². The summed E-state index contributed by atoms with van der Waals surface area (Å²) in [4.78, 5) is 23.9. The Balaban J connectivity index is 2.74. The summed E-state index contributed by atoms with van der Waals surface area (Å²) in [5.41, 5.74) is 6.46. The zero-order valence-electron chi connectivity index (χ0n) is 13.1.